The third-order valence-corrected chi connectivity index (χ3v) is 7.18. The Labute approximate surface area is 229 Å². The van der Waals surface area contributed by atoms with E-state index in [0.717, 1.165) is 44.5 Å². The molecular weight excluding hydrogens is 484 g/mol. The highest BCUT2D eigenvalue weighted by Gasteiger charge is 2.46. The van der Waals surface area contributed by atoms with Crippen molar-refractivity contribution < 1.29 is 19.1 Å². The molecule has 0 heterocycles. The minimum Gasteiger partial charge on any atom is -0.426 e. The number of ether oxygens (including phenoxy) is 2. The van der Waals surface area contributed by atoms with Crippen LogP contribution in [0.1, 0.15) is 47.2 Å². The molecule has 0 N–H and O–H groups in total. The Kier molecular flexibility index (Phi) is 7.03. The molecule has 0 unspecified atom stereocenters. The number of hydrogen-bond donors (Lipinski definition) is 0. The molecule has 5 rings (SSSR count). The number of allylic oxidation sites excluding steroid dienone is 2. The normalized spacial score (nSPS) is 12.7. The van der Waals surface area contributed by atoms with Crippen LogP contribution in [-0.2, 0) is 27.8 Å². The van der Waals surface area contributed by atoms with Crippen molar-refractivity contribution in [2.45, 2.75) is 32.1 Å². The van der Waals surface area contributed by atoms with Gasteiger partial charge in [0.2, 0.25) is 0 Å². The van der Waals surface area contributed by atoms with Crippen LogP contribution >= 0.6 is 0 Å². The van der Waals surface area contributed by atoms with Crippen molar-refractivity contribution >= 4 is 11.9 Å². The van der Waals surface area contributed by atoms with Crippen molar-refractivity contribution in [3.05, 3.63) is 144 Å². The second kappa shape index (κ2) is 10.6. The van der Waals surface area contributed by atoms with E-state index in [2.05, 4.69) is 73.8 Å². The molecule has 4 aromatic carbocycles. The maximum atomic E-state index is 11.8. The number of hydrogen-bond acceptors (Lipinski definition) is 4. The highest BCUT2D eigenvalue weighted by Crippen LogP contribution is 2.56. The lowest BCUT2D eigenvalue weighted by Gasteiger charge is -2.35. The Morgan fingerprint density at radius 3 is 1.46 bits per heavy atom. The third-order valence-electron chi connectivity index (χ3n) is 7.18. The maximum absolute atomic E-state index is 11.8. The zero-order chi connectivity index (χ0) is 27.6. The van der Waals surface area contributed by atoms with E-state index in [1.165, 1.54) is 13.8 Å². The Balaban J connectivity index is 1.86. The van der Waals surface area contributed by atoms with Gasteiger partial charge < -0.3 is 9.47 Å². The van der Waals surface area contributed by atoms with Gasteiger partial charge in [-0.3, -0.25) is 9.59 Å². The van der Waals surface area contributed by atoms with Crippen LogP contribution < -0.4 is 9.47 Å². The van der Waals surface area contributed by atoms with Gasteiger partial charge in [0.25, 0.3) is 0 Å². The van der Waals surface area contributed by atoms with Gasteiger partial charge in [0.1, 0.15) is 11.5 Å². The fourth-order valence-corrected chi connectivity index (χ4v) is 5.79. The lowest BCUT2D eigenvalue weighted by atomic mass is 9.67. The van der Waals surface area contributed by atoms with Crippen molar-refractivity contribution in [3.8, 4) is 22.6 Å². The molecular formula is C35H30O4. The van der Waals surface area contributed by atoms with Crippen molar-refractivity contribution in [1.82, 2.24) is 0 Å². The summed E-state index contributed by atoms with van der Waals surface area (Å²) in [5.41, 5.74) is 7.80. The minimum atomic E-state index is -0.664. The van der Waals surface area contributed by atoms with Gasteiger partial charge in [-0.05, 0) is 69.5 Å². The minimum absolute atomic E-state index is 0.366. The molecule has 4 aromatic rings. The summed E-state index contributed by atoms with van der Waals surface area (Å²) in [5, 5.41) is 0. The highest BCUT2D eigenvalue weighted by atomic mass is 16.5. The van der Waals surface area contributed by atoms with Crippen molar-refractivity contribution in [3.63, 3.8) is 0 Å². The molecule has 4 heteroatoms. The van der Waals surface area contributed by atoms with Crippen molar-refractivity contribution in [2.24, 2.45) is 0 Å². The van der Waals surface area contributed by atoms with Gasteiger partial charge in [-0.1, -0.05) is 84.9 Å². The maximum Gasteiger partial charge on any atom is 0.308 e. The fraction of sp³-hybridized carbons (Fsp3) is 0.143. The smallest absolute Gasteiger partial charge is 0.308 e. The van der Waals surface area contributed by atoms with Gasteiger partial charge >= 0.3 is 11.9 Å². The molecule has 0 fully saturated rings. The van der Waals surface area contributed by atoms with E-state index in [1.807, 2.05) is 36.4 Å². The van der Waals surface area contributed by atoms with Crippen LogP contribution in [0.2, 0.25) is 0 Å². The van der Waals surface area contributed by atoms with Gasteiger partial charge in [-0.15, -0.1) is 13.2 Å². The average Bonchev–Trinajstić information content (AvgIpc) is 3.22. The first-order valence-electron chi connectivity index (χ1n) is 12.9. The molecule has 39 heavy (non-hydrogen) atoms. The van der Waals surface area contributed by atoms with Crippen LogP contribution in [-0.4, -0.2) is 11.9 Å². The summed E-state index contributed by atoms with van der Waals surface area (Å²) >= 11 is 0. The number of benzene rings is 4. The zero-order valence-corrected chi connectivity index (χ0v) is 22.2. The standard InChI is InChI=1S/C35H30O4/c1-5-11-25-21-27(17-19-33(25)38-23(3)36)35(28-18-20-34(39-24(4)37)26(22-28)12-6-2)31-15-9-7-13-29(31)30-14-8-10-16-32(30)35/h5-10,13-22H,1-2,11-12H2,3-4H3. The second-order valence-electron chi connectivity index (χ2n) is 9.66. The topological polar surface area (TPSA) is 52.6 Å². The van der Waals surface area contributed by atoms with Crippen LogP contribution in [0.5, 0.6) is 11.5 Å². The van der Waals surface area contributed by atoms with Gasteiger partial charge in [0.05, 0.1) is 5.41 Å². The van der Waals surface area contributed by atoms with Crippen LogP contribution in [0.4, 0.5) is 0 Å². The number of esters is 2. The summed E-state index contributed by atoms with van der Waals surface area (Å²) in [6, 6.07) is 29.0. The predicted molar refractivity (Wildman–Crippen MR) is 154 cm³/mol. The van der Waals surface area contributed by atoms with Gasteiger partial charge in [-0.2, -0.15) is 0 Å². The van der Waals surface area contributed by atoms with Crippen molar-refractivity contribution in [1.29, 1.82) is 0 Å². The molecule has 1 aliphatic carbocycles. The predicted octanol–water partition coefficient (Wildman–Crippen LogP) is 7.36. The Morgan fingerprint density at radius 2 is 1.08 bits per heavy atom. The summed E-state index contributed by atoms with van der Waals surface area (Å²) in [6.07, 6.45) is 4.71. The number of rotatable bonds is 8. The van der Waals surface area contributed by atoms with E-state index < -0.39 is 5.41 Å². The monoisotopic (exact) mass is 514 g/mol. The van der Waals surface area contributed by atoms with Crippen LogP contribution in [0.3, 0.4) is 0 Å². The van der Waals surface area contributed by atoms with Crippen LogP contribution in [0.25, 0.3) is 11.1 Å². The van der Waals surface area contributed by atoms with E-state index in [0.29, 0.717) is 24.3 Å². The summed E-state index contributed by atoms with van der Waals surface area (Å²) < 4.78 is 11.1. The summed E-state index contributed by atoms with van der Waals surface area (Å²) in [5.74, 6) is 0.320. The number of carbonyl (C=O) groups excluding carboxylic acids is 2. The molecule has 0 spiro atoms. The Bertz CT molecular complexity index is 1490. The molecule has 0 bridgehead atoms. The van der Waals surface area contributed by atoms with E-state index >= 15 is 0 Å². The van der Waals surface area contributed by atoms with Crippen molar-refractivity contribution in [2.75, 3.05) is 0 Å². The van der Waals surface area contributed by atoms with E-state index in [-0.39, 0.29) is 11.9 Å². The lowest BCUT2D eigenvalue weighted by Crippen LogP contribution is -2.29. The first-order chi connectivity index (χ1) is 18.9. The first kappa shape index (κ1) is 25.9. The molecule has 194 valence electrons. The molecule has 0 amide bonds. The van der Waals surface area contributed by atoms with E-state index in [4.69, 9.17) is 9.47 Å². The molecule has 0 radical (unpaired) electrons. The Hall–Kier alpha value is -4.70. The summed E-state index contributed by atoms with van der Waals surface area (Å²) in [7, 11) is 0. The molecule has 0 saturated carbocycles. The molecule has 0 atom stereocenters. The average molecular weight is 515 g/mol. The fourth-order valence-electron chi connectivity index (χ4n) is 5.79. The summed E-state index contributed by atoms with van der Waals surface area (Å²) in [6.45, 7) is 10.7. The first-order valence-corrected chi connectivity index (χ1v) is 12.9. The molecule has 1 aliphatic rings. The lowest BCUT2D eigenvalue weighted by molar-refractivity contribution is -0.132. The van der Waals surface area contributed by atoms with E-state index in [9.17, 15) is 9.59 Å². The Morgan fingerprint density at radius 1 is 0.667 bits per heavy atom. The molecule has 4 nitrogen and oxygen atoms in total. The van der Waals surface area contributed by atoms with Crippen LogP contribution in [0, 0.1) is 0 Å². The largest absolute Gasteiger partial charge is 0.426 e. The highest BCUT2D eigenvalue weighted by molar-refractivity contribution is 5.86. The second-order valence-corrected chi connectivity index (χ2v) is 9.66. The van der Waals surface area contributed by atoms with Crippen LogP contribution in [0.15, 0.2) is 110 Å². The number of carbonyl (C=O) groups is 2. The molecule has 0 aliphatic heterocycles. The molecule has 0 aromatic heterocycles. The SMILES string of the molecule is C=CCc1cc(C2(c3ccc(OC(C)=O)c(CC=C)c3)c3ccccc3-c3ccccc32)ccc1OC(C)=O. The number of fused-ring (bicyclic) bond motifs is 3. The van der Waals surface area contributed by atoms with Gasteiger partial charge in [0.15, 0.2) is 0 Å². The zero-order valence-electron chi connectivity index (χ0n) is 22.2. The molecule has 0 saturated heterocycles. The third kappa shape index (κ3) is 4.48. The summed E-state index contributed by atoms with van der Waals surface area (Å²) in [4.78, 5) is 23.7. The van der Waals surface area contributed by atoms with Gasteiger partial charge in [-0.25, -0.2) is 0 Å². The van der Waals surface area contributed by atoms with Gasteiger partial charge in [0, 0.05) is 13.8 Å². The van der Waals surface area contributed by atoms with E-state index in [1.54, 1.807) is 0 Å². The quantitative estimate of drug-likeness (QED) is 0.123.